The predicted octanol–water partition coefficient (Wildman–Crippen LogP) is 8.43. The molecule has 0 spiro atoms. The van der Waals surface area contributed by atoms with Crippen molar-refractivity contribution in [3.05, 3.63) is 99.9 Å². The van der Waals surface area contributed by atoms with Gasteiger partial charge in [-0.1, -0.05) is 41.4 Å². The Kier molecular flexibility index (Phi) is 6.00. The molecule has 0 unspecified atom stereocenters. The van der Waals surface area contributed by atoms with Gasteiger partial charge in [0.1, 0.15) is 17.3 Å². The van der Waals surface area contributed by atoms with Crippen molar-refractivity contribution < 1.29 is 26.8 Å². The van der Waals surface area contributed by atoms with Crippen molar-refractivity contribution in [2.45, 2.75) is 6.18 Å². The van der Waals surface area contributed by atoms with Gasteiger partial charge in [0.25, 0.3) is 0 Å². The van der Waals surface area contributed by atoms with Gasteiger partial charge in [0.2, 0.25) is 5.78 Å². The molecule has 0 aliphatic carbocycles. The SMILES string of the molecule is O=C(C=Cc1ccc(-c2c(Cl)cccc2Cl)o1)c1ccc(-c2cccc(C(F)(F)F)c2)o1. The van der Waals surface area contributed by atoms with Crippen LogP contribution in [0, 0.1) is 0 Å². The maximum Gasteiger partial charge on any atom is 0.416 e. The number of allylic oxidation sites excluding steroid dienone is 1. The lowest BCUT2D eigenvalue weighted by atomic mass is 10.1. The molecule has 0 aliphatic rings. The lowest BCUT2D eigenvalue weighted by Crippen LogP contribution is -2.04. The maximum atomic E-state index is 12.9. The average molecular weight is 477 g/mol. The minimum absolute atomic E-state index is 0.0189. The van der Waals surface area contributed by atoms with E-state index in [9.17, 15) is 18.0 Å². The van der Waals surface area contributed by atoms with E-state index in [0.29, 0.717) is 27.1 Å². The van der Waals surface area contributed by atoms with E-state index in [2.05, 4.69) is 0 Å². The molecular formula is C24H13Cl2F3O3. The molecule has 162 valence electrons. The fraction of sp³-hybridized carbons (Fsp3) is 0.0417. The van der Waals surface area contributed by atoms with Crippen LogP contribution in [0.15, 0.2) is 81.6 Å². The van der Waals surface area contributed by atoms with Crippen LogP contribution in [0.5, 0.6) is 0 Å². The van der Waals surface area contributed by atoms with E-state index < -0.39 is 17.5 Å². The highest BCUT2D eigenvalue weighted by molar-refractivity contribution is 6.39. The third kappa shape index (κ3) is 4.66. The van der Waals surface area contributed by atoms with Crippen molar-refractivity contribution >= 4 is 35.1 Å². The van der Waals surface area contributed by atoms with Crippen molar-refractivity contribution in [2.24, 2.45) is 0 Å². The van der Waals surface area contributed by atoms with Gasteiger partial charge in [-0.3, -0.25) is 4.79 Å². The molecule has 0 fully saturated rings. The van der Waals surface area contributed by atoms with Crippen molar-refractivity contribution in [2.75, 3.05) is 0 Å². The molecule has 2 aromatic heterocycles. The molecule has 0 saturated heterocycles. The van der Waals surface area contributed by atoms with Crippen LogP contribution in [-0.4, -0.2) is 5.78 Å². The summed E-state index contributed by atoms with van der Waals surface area (Å²) >= 11 is 12.4. The van der Waals surface area contributed by atoms with Gasteiger partial charge in [-0.2, -0.15) is 13.2 Å². The molecule has 0 N–H and O–H groups in total. The number of rotatable bonds is 5. The lowest BCUT2D eigenvalue weighted by Gasteiger charge is -2.07. The number of alkyl halides is 3. The third-order valence-corrected chi connectivity index (χ3v) is 5.19. The van der Waals surface area contributed by atoms with Crippen LogP contribution in [0.1, 0.15) is 21.9 Å². The number of hydrogen-bond acceptors (Lipinski definition) is 3. The smallest absolute Gasteiger partial charge is 0.416 e. The summed E-state index contributed by atoms with van der Waals surface area (Å²) in [6.07, 6.45) is -1.78. The minimum Gasteiger partial charge on any atom is -0.457 e. The summed E-state index contributed by atoms with van der Waals surface area (Å²) in [6.45, 7) is 0. The molecule has 8 heteroatoms. The molecule has 0 bridgehead atoms. The van der Waals surface area contributed by atoms with Crippen molar-refractivity contribution in [3.8, 4) is 22.6 Å². The highest BCUT2D eigenvalue weighted by atomic mass is 35.5. The standard InChI is InChI=1S/C24H13Cl2F3O3/c25-17-5-2-6-18(26)23(17)22-10-8-16(31-22)7-9-19(30)21-12-11-20(32-21)14-3-1-4-15(13-14)24(27,28)29/h1-13H. The van der Waals surface area contributed by atoms with Gasteiger partial charge in [-0.05, 0) is 60.7 Å². The van der Waals surface area contributed by atoms with Crippen LogP contribution >= 0.6 is 23.2 Å². The fourth-order valence-corrected chi connectivity index (χ4v) is 3.61. The number of halogens is 5. The second-order valence-electron chi connectivity index (χ2n) is 6.74. The first-order valence-corrected chi connectivity index (χ1v) is 10.0. The Labute approximate surface area is 190 Å². The molecule has 2 heterocycles. The summed E-state index contributed by atoms with van der Waals surface area (Å²) in [5, 5.41) is 0.854. The Balaban J connectivity index is 1.51. The largest absolute Gasteiger partial charge is 0.457 e. The molecule has 2 aromatic carbocycles. The number of benzene rings is 2. The highest BCUT2D eigenvalue weighted by Crippen LogP contribution is 2.36. The predicted molar refractivity (Wildman–Crippen MR) is 117 cm³/mol. The summed E-state index contributed by atoms with van der Waals surface area (Å²) in [5.74, 6) is 0.486. The Hall–Kier alpha value is -3.22. The maximum absolute atomic E-state index is 12.9. The van der Waals surface area contributed by atoms with Crippen molar-refractivity contribution in [1.82, 2.24) is 0 Å². The van der Waals surface area contributed by atoms with Gasteiger partial charge in [0.05, 0.1) is 21.2 Å². The lowest BCUT2D eigenvalue weighted by molar-refractivity contribution is -0.137. The van der Waals surface area contributed by atoms with Crippen LogP contribution in [-0.2, 0) is 6.18 Å². The molecule has 3 nitrogen and oxygen atoms in total. The van der Waals surface area contributed by atoms with Gasteiger partial charge in [-0.25, -0.2) is 0 Å². The number of furan rings is 2. The summed E-state index contributed by atoms with van der Waals surface area (Å²) in [6, 6.07) is 15.9. The van der Waals surface area contributed by atoms with E-state index in [4.69, 9.17) is 32.0 Å². The first-order valence-electron chi connectivity index (χ1n) is 9.26. The van der Waals surface area contributed by atoms with Gasteiger partial charge < -0.3 is 8.83 Å². The van der Waals surface area contributed by atoms with Gasteiger partial charge in [0, 0.05) is 5.56 Å². The van der Waals surface area contributed by atoms with E-state index in [0.717, 1.165) is 12.1 Å². The second-order valence-corrected chi connectivity index (χ2v) is 7.55. The van der Waals surface area contributed by atoms with Crippen LogP contribution in [0.4, 0.5) is 13.2 Å². The number of carbonyl (C=O) groups excluding carboxylic acids is 1. The van der Waals surface area contributed by atoms with Gasteiger partial charge in [-0.15, -0.1) is 0 Å². The summed E-state index contributed by atoms with van der Waals surface area (Å²) in [5.41, 5.74) is -0.0415. The highest BCUT2D eigenvalue weighted by Gasteiger charge is 2.30. The molecule has 4 aromatic rings. The zero-order valence-electron chi connectivity index (χ0n) is 16.1. The summed E-state index contributed by atoms with van der Waals surface area (Å²) in [4.78, 5) is 12.4. The van der Waals surface area contributed by atoms with Gasteiger partial charge >= 0.3 is 6.18 Å². The molecule has 4 rings (SSSR count). The zero-order chi connectivity index (χ0) is 22.9. The Morgan fingerprint density at radius 3 is 2.25 bits per heavy atom. The van der Waals surface area contributed by atoms with E-state index in [1.54, 1.807) is 30.3 Å². The Bertz CT molecular complexity index is 1300. The first-order chi connectivity index (χ1) is 15.2. The van der Waals surface area contributed by atoms with Crippen LogP contribution in [0.3, 0.4) is 0 Å². The number of ketones is 1. The first kappa shape index (κ1) is 22.0. The van der Waals surface area contributed by atoms with E-state index in [-0.39, 0.29) is 17.1 Å². The molecule has 0 radical (unpaired) electrons. The Morgan fingerprint density at radius 1 is 0.844 bits per heavy atom. The Morgan fingerprint density at radius 2 is 1.53 bits per heavy atom. The zero-order valence-corrected chi connectivity index (χ0v) is 17.6. The van der Waals surface area contributed by atoms with Crippen molar-refractivity contribution in [1.29, 1.82) is 0 Å². The third-order valence-electron chi connectivity index (χ3n) is 4.56. The fourth-order valence-electron chi connectivity index (χ4n) is 3.02. The van der Waals surface area contributed by atoms with E-state index in [1.165, 1.54) is 36.4 Å². The van der Waals surface area contributed by atoms with E-state index >= 15 is 0 Å². The van der Waals surface area contributed by atoms with Crippen LogP contribution in [0.25, 0.3) is 28.7 Å². The summed E-state index contributed by atoms with van der Waals surface area (Å²) in [7, 11) is 0. The second kappa shape index (κ2) is 8.73. The molecular weight excluding hydrogens is 464 g/mol. The topological polar surface area (TPSA) is 43.4 Å². The van der Waals surface area contributed by atoms with Crippen molar-refractivity contribution in [3.63, 3.8) is 0 Å². The van der Waals surface area contributed by atoms with Crippen LogP contribution in [0.2, 0.25) is 10.0 Å². The molecule has 0 saturated carbocycles. The monoisotopic (exact) mass is 476 g/mol. The molecule has 0 aliphatic heterocycles. The average Bonchev–Trinajstić information content (AvgIpc) is 3.42. The normalized spacial score (nSPS) is 11.9. The molecule has 0 amide bonds. The molecule has 0 atom stereocenters. The van der Waals surface area contributed by atoms with Gasteiger partial charge in [0.15, 0.2) is 5.76 Å². The minimum atomic E-state index is -4.47. The molecule has 32 heavy (non-hydrogen) atoms. The summed E-state index contributed by atoms with van der Waals surface area (Å²) < 4.78 is 49.9. The number of carbonyl (C=O) groups is 1. The van der Waals surface area contributed by atoms with Crippen LogP contribution < -0.4 is 0 Å². The quantitative estimate of drug-likeness (QED) is 0.214. The number of hydrogen-bond donors (Lipinski definition) is 0. The van der Waals surface area contributed by atoms with E-state index in [1.807, 2.05) is 0 Å².